The van der Waals surface area contributed by atoms with Crippen molar-refractivity contribution in [1.82, 2.24) is 15.5 Å². The number of morpholine rings is 1. The predicted molar refractivity (Wildman–Crippen MR) is 103 cm³/mol. The predicted octanol–water partition coefficient (Wildman–Crippen LogP) is 0.0277. The molecule has 1 saturated heterocycles. The van der Waals surface area contributed by atoms with Crippen LogP contribution < -0.4 is 15.4 Å². The highest BCUT2D eigenvalue weighted by molar-refractivity contribution is 5.89. The molecule has 0 bridgehead atoms. The molecule has 1 aromatic carbocycles. The van der Waals surface area contributed by atoms with Gasteiger partial charge in [0.05, 0.1) is 26.9 Å². The van der Waals surface area contributed by atoms with Gasteiger partial charge in [0.15, 0.2) is 0 Å². The quantitative estimate of drug-likeness (QED) is 0.596. The molecule has 0 saturated carbocycles. The van der Waals surface area contributed by atoms with Crippen LogP contribution in [0.15, 0.2) is 24.3 Å². The minimum atomic E-state index is -1.12. The van der Waals surface area contributed by atoms with Crippen LogP contribution in [0.4, 0.5) is 0 Å². The average molecular weight is 395 g/mol. The van der Waals surface area contributed by atoms with Crippen LogP contribution in [0.1, 0.15) is 12.5 Å². The summed E-state index contributed by atoms with van der Waals surface area (Å²) in [6, 6.07) is 7.20. The van der Waals surface area contributed by atoms with E-state index >= 15 is 0 Å². The average Bonchev–Trinajstić information content (AvgIpc) is 2.67. The van der Waals surface area contributed by atoms with E-state index in [-0.39, 0.29) is 12.5 Å². The molecule has 1 heterocycles. The molecule has 156 valence electrons. The van der Waals surface area contributed by atoms with Crippen LogP contribution >= 0.6 is 0 Å². The molecule has 1 atom stereocenters. The number of amides is 2. The monoisotopic (exact) mass is 395 g/mol. The van der Waals surface area contributed by atoms with Crippen molar-refractivity contribution in [1.29, 1.82) is 0 Å². The fourth-order valence-electron chi connectivity index (χ4n) is 2.31. The SMILES string of the molecule is CC(NC(=O)CN1CCOCC1)C(=O)NCC(=O)O.COc1ccc(C)cc1. The maximum Gasteiger partial charge on any atom is 0.322 e. The first-order valence-corrected chi connectivity index (χ1v) is 9.01. The second-order valence-electron chi connectivity index (χ2n) is 6.31. The molecule has 28 heavy (non-hydrogen) atoms. The van der Waals surface area contributed by atoms with Gasteiger partial charge in [-0.05, 0) is 26.0 Å². The first-order chi connectivity index (χ1) is 13.3. The van der Waals surface area contributed by atoms with E-state index in [1.807, 2.05) is 29.2 Å². The van der Waals surface area contributed by atoms with Gasteiger partial charge >= 0.3 is 5.97 Å². The minimum Gasteiger partial charge on any atom is -0.497 e. The largest absolute Gasteiger partial charge is 0.497 e. The number of carboxylic acids is 1. The Bertz CT molecular complexity index is 629. The zero-order chi connectivity index (χ0) is 20.9. The van der Waals surface area contributed by atoms with Crippen molar-refractivity contribution in [3.05, 3.63) is 29.8 Å². The van der Waals surface area contributed by atoms with E-state index in [9.17, 15) is 14.4 Å². The number of hydrogen-bond donors (Lipinski definition) is 3. The van der Waals surface area contributed by atoms with Crippen LogP contribution in [-0.4, -0.2) is 80.3 Å². The van der Waals surface area contributed by atoms with E-state index in [0.29, 0.717) is 26.3 Å². The maximum atomic E-state index is 11.7. The summed E-state index contributed by atoms with van der Waals surface area (Å²) in [4.78, 5) is 35.3. The molecule has 0 spiro atoms. The molecule has 3 N–H and O–H groups in total. The van der Waals surface area contributed by atoms with Gasteiger partial charge in [0, 0.05) is 13.1 Å². The summed E-state index contributed by atoms with van der Waals surface area (Å²) in [7, 11) is 1.67. The summed E-state index contributed by atoms with van der Waals surface area (Å²) in [5.74, 6) is -0.988. The second kappa shape index (κ2) is 12.7. The Morgan fingerprint density at radius 1 is 1.21 bits per heavy atom. The lowest BCUT2D eigenvalue weighted by atomic mass is 10.2. The fourth-order valence-corrected chi connectivity index (χ4v) is 2.31. The number of carbonyl (C=O) groups is 3. The van der Waals surface area contributed by atoms with Crippen LogP contribution in [0.2, 0.25) is 0 Å². The van der Waals surface area contributed by atoms with E-state index in [2.05, 4.69) is 17.6 Å². The van der Waals surface area contributed by atoms with Gasteiger partial charge in [0.25, 0.3) is 0 Å². The second-order valence-corrected chi connectivity index (χ2v) is 6.31. The van der Waals surface area contributed by atoms with E-state index in [1.54, 1.807) is 7.11 Å². The van der Waals surface area contributed by atoms with E-state index in [0.717, 1.165) is 5.75 Å². The first kappa shape index (κ1) is 23.4. The number of carbonyl (C=O) groups excluding carboxylic acids is 2. The van der Waals surface area contributed by atoms with Gasteiger partial charge in [-0.15, -0.1) is 0 Å². The van der Waals surface area contributed by atoms with Crippen molar-refractivity contribution < 1.29 is 29.0 Å². The van der Waals surface area contributed by atoms with Crippen molar-refractivity contribution in [2.24, 2.45) is 0 Å². The van der Waals surface area contributed by atoms with Gasteiger partial charge in [-0.2, -0.15) is 0 Å². The normalized spacial score (nSPS) is 14.8. The number of ether oxygens (including phenoxy) is 2. The molecule has 9 heteroatoms. The van der Waals surface area contributed by atoms with Crippen LogP contribution in [0.5, 0.6) is 5.75 Å². The number of nitrogens with zero attached hydrogens (tertiary/aromatic N) is 1. The molecule has 2 amide bonds. The maximum absolute atomic E-state index is 11.7. The lowest BCUT2D eigenvalue weighted by Gasteiger charge is -2.26. The van der Waals surface area contributed by atoms with Gasteiger partial charge in [-0.1, -0.05) is 17.7 Å². The van der Waals surface area contributed by atoms with Crippen LogP contribution in [0.25, 0.3) is 0 Å². The van der Waals surface area contributed by atoms with Gasteiger partial charge in [0.1, 0.15) is 18.3 Å². The Balaban J connectivity index is 0.000000362. The van der Waals surface area contributed by atoms with Crippen LogP contribution in [0.3, 0.4) is 0 Å². The molecule has 0 aromatic heterocycles. The number of aliphatic carboxylic acids is 1. The van der Waals surface area contributed by atoms with Crippen molar-refractivity contribution in [2.75, 3.05) is 46.5 Å². The molecule has 1 fully saturated rings. The first-order valence-electron chi connectivity index (χ1n) is 9.01. The Morgan fingerprint density at radius 2 is 1.82 bits per heavy atom. The van der Waals surface area contributed by atoms with Gasteiger partial charge in [-0.3, -0.25) is 19.3 Å². The molecule has 1 aromatic rings. The third kappa shape index (κ3) is 9.89. The zero-order valence-corrected chi connectivity index (χ0v) is 16.6. The summed E-state index contributed by atoms with van der Waals surface area (Å²) in [6.45, 7) is 5.89. The van der Waals surface area contributed by atoms with Gasteiger partial charge in [0.2, 0.25) is 11.8 Å². The molecule has 0 radical (unpaired) electrons. The van der Waals surface area contributed by atoms with Gasteiger partial charge < -0.3 is 25.2 Å². The molecule has 0 aliphatic carbocycles. The number of rotatable bonds is 7. The van der Waals surface area contributed by atoms with E-state index < -0.39 is 24.5 Å². The van der Waals surface area contributed by atoms with Crippen molar-refractivity contribution in [3.63, 3.8) is 0 Å². The molecule has 1 unspecified atom stereocenters. The lowest BCUT2D eigenvalue weighted by Crippen LogP contribution is -2.50. The van der Waals surface area contributed by atoms with Gasteiger partial charge in [-0.25, -0.2) is 0 Å². The molecule has 9 nitrogen and oxygen atoms in total. The standard InChI is InChI=1S/C11H19N3O5.C8H10O/c1-8(11(18)12-6-10(16)17)13-9(15)7-14-2-4-19-5-3-14;1-7-3-5-8(9-2)6-4-7/h8H,2-7H2,1H3,(H,12,18)(H,13,15)(H,16,17);3-6H,1-2H3. The third-order valence-corrected chi connectivity index (χ3v) is 3.91. The summed E-state index contributed by atoms with van der Waals surface area (Å²) in [5, 5.41) is 13.2. The summed E-state index contributed by atoms with van der Waals surface area (Å²) < 4.78 is 10.1. The number of nitrogens with one attached hydrogen (secondary N) is 2. The Morgan fingerprint density at radius 3 is 2.36 bits per heavy atom. The fraction of sp³-hybridized carbons (Fsp3) is 0.526. The number of benzene rings is 1. The van der Waals surface area contributed by atoms with Crippen molar-refractivity contribution >= 4 is 17.8 Å². The van der Waals surface area contributed by atoms with Crippen molar-refractivity contribution in [3.8, 4) is 5.75 Å². The third-order valence-electron chi connectivity index (χ3n) is 3.91. The minimum absolute atomic E-state index is 0.208. The highest BCUT2D eigenvalue weighted by atomic mass is 16.5. The Kier molecular flexibility index (Phi) is 10.6. The Labute approximate surface area is 165 Å². The van der Waals surface area contributed by atoms with Crippen LogP contribution in [0, 0.1) is 6.92 Å². The molecular formula is C19H29N3O6. The van der Waals surface area contributed by atoms with E-state index in [4.69, 9.17) is 14.6 Å². The number of methoxy groups -OCH3 is 1. The number of aryl methyl sites for hydroxylation is 1. The highest BCUT2D eigenvalue weighted by Crippen LogP contribution is 2.09. The van der Waals surface area contributed by atoms with Crippen molar-refractivity contribution in [2.45, 2.75) is 19.9 Å². The molecular weight excluding hydrogens is 366 g/mol. The molecule has 1 aliphatic rings. The molecule has 2 rings (SSSR count). The zero-order valence-electron chi connectivity index (χ0n) is 16.6. The van der Waals surface area contributed by atoms with Crippen LogP contribution in [-0.2, 0) is 19.1 Å². The smallest absolute Gasteiger partial charge is 0.322 e. The summed E-state index contributed by atoms with van der Waals surface area (Å²) >= 11 is 0. The topological polar surface area (TPSA) is 117 Å². The number of carboxylic acid groups (broad SMARTS) is 1. The molecule has 1 aliphatic heterocycles. The highest BCUT2D eigenvalue weighted by Gasteiger charge is 2.19. The summed E-state index contributed by atoms with van der Waals surface area (Å²) in [6.07, 6.45) is 0. The summed E-state index contributed by atoms with van der Waals surface area (Å²) in [5.41, 5.74) is 1.26. The Hall–Kier alpha value is -2.65. The van der Waals surface area contributed by atoms with E-state index in [1.165, 1.54) is 12.5 Å². The lowest BCUT2D eigenvalue weighted by molar-refractivity contribution is -0.138. The number of hydrogen-bond acceptors (Lipinski definition) is 6.